The average molecular weight is 433 g/mol. The SMILES string of the molecule is C=CC(=O)N1CC(Oc2cc3c(Nc4ccc(F)c(Cl)c4F)ncnc3cc2O)C1. The van der Waals surface area contributed by atoms with Crippen LogP contribution in [0, 0.1) is 11.6 Å². The molecular weight excluding hydrogens is 418 g/mol. The van der Waals surface area contributed by atoms with Gasteiger partial charge in [0.05, 0.1) is 24.3 Å². The molecule has 1 aromatic heterocycles. The van der Waals surface area contributed by atoms with Gasteiger partial charge in [0.15, 0.2) is 17.3 Å². The molecule has 0 bridgehead atoms. The molecule has 1 saturated heterocycles. The van der Waals surface area contributed by atoms with E-state index in [1.807, 2.05) is 0 Å². The number of carbonyl (C=O) groups excluding carboxylic acids is 1. The molecule has 1 aliphatic rings. The molecule has 10 heteroatoms. The standard InChI is InChI=1S/C20H15ClF2N4O3/c1-2-17(29)27-7-10(8-27)30-16-5-11-14(6-15(16)28)24-9-25-20(11)26-13-4-3-12(22)18(21)19(13)23/h2-6,9-10,28H,1,7-8H2,(H,24,25,26). The van der Waals surface area contributed by atoms with E-state index in [-0.39, 0.29) is 35.0 Å². The number of ether oxygens (including phenoxy) is 1. The number of amides is 1. The second-order valence-electron chi connectivity index (χ2n) is 6.59. The van der Waals surface area contributed by atoms with Gasteiger partial charge in [0.2, 0.25) is 5.91 Å². The fourth-order valence-corrected chi connectivity index (χ4v) is 3.18. The number of phenols is 1. The van der Waals surface area contributed by atoms with E-state index >= 15 is 0 Å². The van der Waals surface area contributed by atoms with Crippen LogP contribution in [0.1, 0.15) is 0 Å². The van der Waals surface area contributed by atoms with E-state index in [1.54, 1.807) is 4.90 Å². The fourth-order valence-electron chi connectivity index (χ4n) is 3.02. The van der Waals surface area contributed by atoms with Gasteiger partial charge in [-0.05, 0) is 24.3 Å². The van der Waals surface area contributed by atoms with Gasteiger partial charge >= 0.3 is 0 Å². The molecule has 7 nitrogen and oxygen atoms in total. The molecule has 1 amide bonds. The van der Waals surface area contributed by atoms with E-state index in [0.29, 0.717) is 24.0 Å². The molecule has 0 saturated carbocycles. The van der Waals surface area contributed by atoms with E-state index in [1.165, 1.54) is 30.6 Å². The first-order valence-electron chi connectivity index (χ1n) is 8.83. The summed E-state index contributed by atoms with van der Waals surface area (Å²) >= 11 is 5.63. The molecule has 2 aromatic carbocycles. The van der Waals surface area contributed by atoms with Crippen molar-refractivity contribution in [1.82, 2.24) is 14.9 Å². The molecule has 154 valence electrons. The summed E-state index contributed by atoms with van der Waals surface area (Å²) in [5.74, 6) is -1.80. The molecule has 2 heterocycles. The lowest BCUT2D eigenvalue weighted by atomic mass is 10.1. The van der Waals surface area contributed by atoms with Crippen LogP contribution in [0.2, 0.25) is 5.02 Å². The van der Waals surface area contributed by atoms with Gasteiger partial charge < -0.3 is 20.1 Å². The number of fused-ring (bicyclic) bond motifs is 1. The van der Waals surface area contributed by atoms with Crippen LogP contribution in [0.25, 0.3) is 10.9 Å². The van der Waals surface area contributed by atoms with Gasteiger partial charge in [0, 0.05) is 11.5 Å². The van der Waals surface area contributed by atoms with E-state index in [0.717, 1.165) is 6.07 Å². The number of benzene rings is 2. The van der Waals surface area contributed by atoms with Crippen LogP contribution in [0.15, 0.2) is 43.2 Å². The first-order valence-corrected chi connectivity index (χ1v) is 9.21. The number of hydrogen-bond acceptors (Lipinski definition) is 6. The second kappa shape index (κ2) is 7.75. The molecule has 3 aromatic rings. The third-order valence-electron chi connectivity index (χ3n) is 4.63. The number of aromatic hydroxyl groups is 1. The van der Waals surface area contributed by atoms with Crippen molar-refractivity contribution in [2.45, 2.75) is 6.10 Å². The number of aromatic nitrogens is 2. The third-order valence-corrected chi connectivity index (χ3v) is 4.98. The van der Waals surface area contributed by atoms with Crippen LogP contribution >= 0.6 is 11.6 Å². The first-order chi connectivity index (χ1) is 14.4. The zero-order valence-corrected chi connectivity index (χ0v) is 16.2. The van der Waals surface area contributed by atoms with Crippen molar-refractivity contribution in [1.29, 1.82) is 0 Å². The number of nitrogens with one attached hydrogen (secondary N) is 1. The third kappa shape index (κ3) is 3.59. The van der Waals surface area contributed by atoms with E-state index in [9.17, 15) is 18.7 Å². The second-order valence-corrected chi connectivity index (χ2v) is 6.97. The van der Waals surface area contributed by atoms with E-state index in [4.69, 9.17) is 16.3 Å². The summed E-state index contributed by atoms with van der Waals surface area (Å²) in [5, 5.41) is 12.8. The Morgan fingerprint density at radius 3 is 2.83 bits per heavy atom. The van der Waals surface area contributed by atoms with Gasteiger partial charge in [-0.2, -0.15) is 0 Å². The Bertz CT molecular complexity index is 1170. The number of likely N-dealkylation sites (tertiary alicyclic amines) is 1. The largest absolute Gasteiger partial charge is 0.504 e. The minimum atomic E-state index is -0.958. The predicted molar refractivity (Wildman–Crippen MR) is 107 cm³/mol. The van der Waals surface area contributed by atoms with Crippen LogP contribution in [-0.2, 0) is 4.79 Å². The minimum Gasteiger partial charge on any atom is -0.504 e. The molecule has 30 heavy (non-hydrogen) atoms. The quantitative estimate of drug-likeness (QED) is 0.471. The van der Waals surface area contributed by atoms with Gasteiger partial charge in [0.25, 0.3) is 0 Å². The van der Waals surface area contributed by atoms with Crippen molar-refractivity contribution in [2.75, 3.05) is 18.4 Å². The summed E-state index contributed by atoms with van der Waals surface area (Å²) in [6, 6.07) is 5.12. The van der Waals surface area contributed by atoms with Gasteiger partial charge in [-0.25, -0.2) is 18.7 Å². The first kappa shape index (κ1) is 19.8. The normalized spacial score (nSPS) is 13.8. The van der Waals surface area contributed by atoms with Crippen LogP contribution in [0.4, 0.5) is 20.3 Å². The minimum absolute atomic E-state index is 0.0745. The zero-order valence-electron chi connectivity index (χ0n) is 15.4. The maximum Gasteiger partial charge on any atom is 0.246 e. The zero-order chi connectivity index (χ0) is 21.4. The highest BCUT2D eigenvalue weighted by Crippen LogP contribution is 2.36. The molecule has 1 aliphatic heterocycles. The lowest BCUT2D eigenvalue weighted by Gasteiger charge is -2.38. The molecule has 4 rings (SSSR count). The Morgan fingerprint density at radius 2 is 2.10 bits per heavy atom. The summed E-state index contributed by atoms with van der Waals surface area (Å²) in [5.41, 5.74) is 0.303. The Hall–Kier alpha value is -3.46. The number of anilines is 2. The van der Waals surface area contributed by atoms with Crippen molar-refractivity contribution < 1.29 is 23.4 Å². The number of halogens is 3. The number of phenolic OH excluding ortho intramolecular Hbond substituents is 1. The number of carbonyl (C=O) groups is 1. The maximum atomic E-state index is 14.3. The summed E-state index contributed by atoms with van der Waals surface area (Å²) in [6.07, 6.45) is 2.16. The van der Waals surface area contributed by atoms with Crippen LogP contribution in [-0.4, -0.2) is 45.1 Å². The molecular formula is C20H15ClF2N4O3. The van der Waals surface area contributed by atoms with Crippen LogP contribution < -0.4 is 10.1 Å². The molecule has 1 fully saturated rings. The summed E-state index contributed by atoms with van der Waals surface area (Å²) < 4.78 is 33.4. The Morgan fingerprint density at radius 1 is 1.33 bits per heavy atom. The highest BCUT2D eigenvalue weighted by atomic mass is 35.5. The average Bonchev–Trinajstić information content (AvgIpc) is 2.70. The lowest BCUT2D eigenvalue weighted by Crippen LogP contribution is -2.55. The van der Waals surface area contributed by atoms with Crippen molar-refractivity contribution in [3.63, 3.8) is 0 Å². The molecule has 0 spiro atoms. The molecule has 2 N–H and O–H groups in total. The van der Waals surface area contributed by atoms with Crippen molar-refractivity contribution in [3.8, 4) is 11.5 Å². The van der Waals surface area contributed by atoms with Crippen molar-refractivity contribution in [2.24, 2.45) is 0 Å². The fraction of sp³-hybridized carbons (Fsp3) is 0.150. The van der Waals surface area contributed by atoms with Crippen LogP contribution in [0.5, 0.6) is 11.5 Å². The number of hydrogen-bond donors (Lipinski definition) is 2. The molecule has 0 unspecified atom stereocenters. The number of nitrogens with zero attached hydrogens (tertiary/aromatic N) is 3. The highest BCUT2D eigenvalue weighted by molar-refractivity contribution is 6.31. The van der Waals surface area contributed by atoms with Crippen LogP contribution in [0.3, 0.4) is 0 Å². The topological polar surface area (TPSA) is 87.6 Å². The smallest absolute Gasteiger partial charge is 0.246 e. The number of rotatable bonds is 5. The Kier molecular flexibility index (Phi) is 5.13. The molecule has 0 radical (unpaired) electrons. The van der Waals surface area contributed by atoms with Gasteiger partial charge in [-0.15, -0.1) is 0 Å². The summed E-state index contributed by atoms with van der Waals surface area (Å²) in [6.45, 7) is 4.15. The predicted octanol–water partition coefficient (Wildman–Crippen LogP) is 3.79. The van der Waals surface area contributed by atoms with Crippen molar-refractivity contribution >= 4 is 39.9 Å². The monoisotopic (exact) mass is 432 g/mol. The molecule has 0 atom stereocenters. The summed E-state index contributed by atoms with van der Waals surface area (Å²) in [7, 11) is 0. The van der Waals surface area contributed by atoms with Gasteiger partial charge in [-0.1, -0.05) is 18.2 Å². The van der Waals surface area contributed by atoms with Gasteiger partial charge in [0.1, 0.15) is 29.1 Å². The Balaban J connectivity index is 1.62. The Labute approximate surface area is 174 Å². The lowest BCUT2D eigenvalue weighted by molar-refractivity contribution is -0.134. The maximum absolute atomic E-state index is 14.3. The van der Waals surface area contributed by atoms with Gasteiger partial charge in [-0.3, -0.25) is 4.79 Å². The van der Waals surface area contributed by atoms with E-state index < -0.39 is 16.7 Å². The highest BCUT2D eigenvalue weighted by Gasteiger charge is 2.31. The molecule has 0 aliphatic carbocycles. The van der Waals surface area contributed by atoms with E-state index in [2.05, 4.69) is 21.9 Å². The van der Waals surface area contributed by atoms with Crippen molar-refractivity contribution in [3.05, 3.63) is 59.9 Å². The summed E-state index contributed by atoms with van der Waals surface area (Å²) in [4.78, 5) is 21.3.